The molecule has 102 valence electrons. The van der Waals surface area contributed by atoms with E-state index in [1.165, 1.54) is 12.0 Å². The Morgan fingerprint density at radius 3 is 2.22 bits per heavy atom. The number of halogens is 2. The van der Waals surface area contributed by atoms with Gasteiger partial charge in [-0.2, -0.15) is 0 Å². The second-order valence-corrected chi connectivity index (χ2v) is 6.46. The summed E-state index contributed by atoms with van der Waals surface area (Å²) in [6, 6.07) is 3.97. The van der Waals surface area contributed by atoms with Crippen molar-refractivity contribution in [3.05, 3.63) is 26.6 Å². The first-order chi connectivity index (χ1) is 8.47. The molecule has 0 saturated heterocycles. The van der Waals surface area contributed by atoms with Crippen molar-refractivity contribution in [2.75, 3.05) is 13.1 Å². The van der Waals surface area contributed by atoms with Crippen LogP contribution in [-0.4, -0.2) is 23.1 Å². The molecule has 0 aromatic heterocycles. The maximum absolute atomic E-state index is 9.70. The molecule has 1 unspecified atom stereocenters. The van der Waals surface area contributed by atoms with E-state index in [0.717, 1.165) is 28.6 Å². The number of rotatable bonds is 6. The average molecular weight is 379 g/mol. The van der Waals surface area contributed by atoms with E-state index in [1.54, 1.807) is 0 Å². The highest BCUT2D eigenvalue weighted by Crippen LogP contribution is 2.33. The highest BCUT2D eigenvalue weighted by Gasteiger charge is 2.11. The Labute approximate surface area is 127 Å². The predicted octanol–water partition coefficient (Wildman–Crippen LogP) is 4.79. The lowest BCUT2D eigenvalue weighted by molar-refractivity contribution is 0.238. The van der Waals surface area contributed by atoms with Gasteiger partial charge in [-0.15, -0.1) is 0 Å². The number of nitrogens with zero attached hydrogens (tertiary/aromatic N) is 1. The standard InChI is InChI=1S/C14H21Br2NO/c1-4-10(3)8-17(5-2)9-11-6-12(15)14(18)13(16)7-11/h6-7,10,18H,4-5,8-9H2,1-3H3. The van der Waals surface area contributed by atoms with Crippen molar-refractivity contribution in [1.82, 2.24) is 4.90 Å². The molecule has 0 aliphatic rings. The van der Waals surface area contributed by atoms with E-state index in [0.29, 0.717) is 5.92 Å². The van der Waals surface area contributed by atoms with Crippen LogP contribution in [0.25, 0.3) is 0 Å². The van der Waals surface area contributed by atoms with Crippen LogP contribution in [-0.2, 0) is 6.54 Å². The van der Waals surface area contributed by atoms with E-state index in [4.69, 9.17) is 0 Å². The summed E-state index contributed by atoms with van der Waals surface area (Å²) in [5.74, 6) is 0.984. The molecule has 18 heavy (non-hydrogen) atoms. The first-order valence-electron chi connectivity index (χ1n) is 6.37. The molecular weight excluding hydrogens is 358 g/mol. The molecule has 1 aromatic rings. The quantitative estimate of drug-likeness (QED) is 0.769. The van der Waals surface area contributed by atoms with E-state index >= 15 is 0 Å². The number of hydrogen-bond donors (Lipinski definition) is 1. The number of hydrogen-bond acceptors (Lipinski definition) is 2. The third-order valence-corrected chi connectivity index (χ3v) is 4.41. The molecule has 1 aromatic carbocycles. The zero-order valence-corrected chi connectivity index (χ0v) is 14.4. The third-order valence-electron chi connectivity index (χ3n) is 3.20. The number of benzene rings is 1. The molecule has 4 heteroatoms. The third kappa shape index (κ3) is 4.56. The summed E-state index contributed by atoms with van der Waals surface area (Å²) >= 11 is 6.75. The lowest BCUT2D eigenvalue weighted by Crippen LogP contribution is -2.27. The van der Waals surface area contributed by atoms with Gasteiger partial charge in [0.05, 0.1) is 8.95 Å². The molecule has 0 aliphatic heterocycles. The zero-order valence-electron chi connectivity index (χ0n) is 11.2. The fraction of sp³-hybridized carbons (Fsp3) is 0.571. The van der Waals surface area contributed by atoms with Crippen LogP contribution in [0.2, 0.25) is 0 Å². The first kappa shape index (κ1) is 16.0. The molecule has 0 saturated carbocycles. The smallest absolute Gasteiger partial charge is 0.143 e. The van der Waals surface area contributed by atoms with Gasteiger partial charge in [0.15, 0.2) is 0 Å². The van der Waals surface area contributed by atoms with E-state index in [-0.39, 0.29) is 5.75 Å². The van der Waals surface area contributed by atoms with Gasteiger partial charge in [-0.3, -0.25) is 4.90 Å². The Morgan fingerprint density at radius 1 is 1.22 bits per heavy atom. The van der Waals surface area contributed by atoms with Crippen molar-refractivity contribution in [2.24, 2.45) is 5.92 Å². The maximum Gasteiger partial charge on any atom is 0.143 e. The molecule has 0 heterocycles. The van der Waals surface area contributed by atoms with Crippen molar-refractivity contribution in [1.29, 1.82) is 0 Å². The fourth-order valence-electron chi connectivity index (χ4n) is 1.84. The van der Waals surface area contributed by atoms with Crippen LogP contribution in [0.15, 0.2) is 21.1 Å². The topological polar surface area (TPSA) is 23.5 Å². The molecule has 0 amide bonds. The summed E-state index contributed by atoms with van der Waals surface area (Å²) in [6.45, 7) is 9.77. The maximum atomic E-state index is 9.70. The van der Waals surface area contributed by atoms with E-state index < -0.39 is 0 Å². The molecule has 0 bridgehead atoms. The summed E-state index contributed by atoms with van der Waals surface area (Å²) in [5.41, 5.74) is 1.21. The van der Waals surface area contributed by atoms with Gasteiger partial charge in [0, 0.05) is 13.1 Å². The Hall–Kier alpha value is -0.0600. The minimum absolute atomic E-state index is 0.267. The molecule has 1 rings (SSSR count). The van der Waals surface area contributed by atoms with Crippen LogP contribution in [0.3, 0.4) is 0 Å². The number of phenols is 1. The highest BCUT2D eigenvalue weighted by molar-refractivity contribution is 9.11. The molecular formula is C14H21Br2NO. The normalized spacial score (nSPS) is 13.0. The predicted molar refractivity (Wildman–Crippen MR) is 83.9 cm³/mol. The molecule has 1 atom stereocenters. The SMILES string of the molecule is CCC(C)CN(CC)Cc1cc(Br)c(O)c(Br)c1. The van der Waals surface area contributed by atoms with Crippen LogP contribution in [0.5, 0.6) is 5.75 Å². The van der Waals surface area contributed by atoms with Gasteiger partial charge in [0.2, 0.25) is 0 Å². The van der Waals surface area contributed by atoms with E-state index in [1.807, 2.05) is 12.1 Å². The van der Waals surface area contributed by atoms with Crippen LogP contribution in [0, 0.1) is 5.92 Å². The van der Waals surface area contributed by atoms with Crippen LogP contribution in [0.1, 0.15) is 32.8 Å². The van der Waals surface area contributed by atoms with Crippen molar-refractivity contribution < 1.29 is 5.11 Å². The molecule has 0 radical (unpaired) electrons. The van der Waals surface area contributed by atoms with Gasteiger partial charge < -0.3 is 5.11 Å². The van der Waals surface area contributed by atoms with Gasteiger partial charge in [0.1, 0.15) is 5.75 Å². The molecule has 0 fully saturated rings. The Bertz CT molecular complexity index is 372. The van der Waals surface area contributed by atoms with Crippen molar-refractivity contribution in [3.8, 4) is 5.75 Å². The van der Waals surface area contributed by atoms with Crippen LogP contribution in [0.4, 0.5) is 0 Å². The first-order valence-corrected chi connectivity index (χ1v) is 7.95. The van der Waals surface area contributed by atoms with Crippen LogP contribution < -0.4 is 0 Å². The molecule has 2 nitrogen and oxygen atoms in total. The summed E-state index contributed by atoms with van der Waals surface area (Å²) < 4.78 is 1.48. The summed E-state index contributed by atoms with van der Waals surface area (Å²) in [5, 5.41) is 9.70. The van der Waals surface area contributed by atoms with Gasteiger partial charge in [-0.05, 0) is 62.0 Å². The Morgan fingerprint density at radius 2 is 1.78 bits per heavy atom. The second kappa shape index (κ2) is 7.51. The summed E-state index contributed by atoms with van der Waals surface area (Å²) in [4.78, 5) is 2.43. The lowest BCUT2D eigenvalue weighted by atomic mass is 10.1. The Balaban J connectivity index is 2.76. The van der Waals surface area contributed by atoms with Crippen molar-refractivity contribution >= 4 is 31.9 Å². The average Bonchev–Trinajstić information content (AvgIpc) is 2.34. The van der Waals surface area contributed by atoms with Gasteiger partial charge in [-0.1, -0.05) is 27.2 Å². The molecule has 0 aliphatic carbocycles. The fourth-order valence-corrected chi connectivity index (χ4v) is 3.12. The van der Waals surface area contributed by atoms with Gasteiger partial charge in [-0.25, -0.2) is 0 Å². The van der Waals surface area contributed by atoms with Crippen LogP contribution >= 0.6 is 31.9 Å². The minimum atomic E-state index is 0.267. The minimum Gasteiger partial charge on any atom is -0.506 e. The van der Waals surface area contributed by atoms with Crippen molar-refractivity contribution in [3.63, 3.8) is 0 Å². The highest BCUT2D eigenvalue weighted by atomic mass is 79.9. The van der Waals surface area contributed by atoms with Gasteiger partial charge in [0.25, 0.3) is 0 Å². The Kier molecular flexibility index (Phi) is 6.67. The van der Waals surface area contributed by atoms with E-state index in [9.17, 15) is 5.11 Å². The second-order valence-electron chi connectivity index (χ2n) is 4.75. The monoisotopic (exact) mass is 377 g/mol. The summed E-state index contributed by atoms with van der Waals surface area (Å²) in [7, 11) is 0. The molecule has 1 N–H and O–H groups in total. The largest absolute Gasteiger partial charge is 0.506 e. The molecule has 0 spiro atoms. The summed E-state index contributed by atoms with van der Waals surface area (Å²) in [6.07, 6.45) is 1.21. The van der Waals surface area contributed by atoms with E-state index in [2.05, 4.69) is 57.5 Å². The number of aromatic hydroxyl groups is 1. The number of phenolic OH excluding ortho intramolecular Hbond substituents is 1. The zero-order chi connectivity index (χ0) is 13.7. The lowest BCUT2D eigenvalue weighted by Gasteiger charge is -2.24. The van der Waals surface area contributed by atoms with Crippen molar-refractivity contribution in [2.45, 2.75) is 33.7 Å². The van der Waals surface area contributed by atoms with Gasteiger partial charge >= 0.3 is 0 Å².